The van der Waals surface area contributed by atoms with Gasteiger partial charge in [0, 0.05) is 13.1 Å². The third kappa shape index (κ3) is 4.23. The zero-order valence-corrected chi connectivity index (χ0v) is 10.4. The first-order valence-electron chi connectivity index (χ1n) is 6.02. The molecule has 18 heavy (non-hydrogen) atoms. The van der Waals surface area contributed by atoms with Crippen LogP contribution in [0.3, 0.4) is 0 Å². The number of hydrogen-bond acceptors (Lipinski definition) is 3. The van der Waals surface area contributed by atoms with Crippen LogP contribution in [-0.2, 0) is 9.59 Å². The van der Waals surface area contributed by atoms with E-state index >= 15 is 0 Å². The normalized spacial score (nSPS) is 15.6. The number of nitrogens with one attached hydrogen (secondary N) is 3. The molecule has 102 valence electrons. The third-order valence-electron chi connectivity index (χ3n) is 2.88. The van der Waals surface area contributed by atoms with Crippen molar-refractivity contribution in [3.63, 3.8) is 0 Å². The molecule has 0 heterocycles. The van der Waals surface area contributed by atoms with Gasteiger partial charge in [0.05, 0.1) is 12.0 Å². The lowest BCUT2D eigenvalue weighted by Crippen LogP contribution is -2.44. The Morgan fingerprint density at radius 2 is 1.83 bits per heavy atom. The monoisotopic (exact) mass is 257 g/mol. The van der Waals surface area contributed by atoms with E-state index in [1.807, 2.05) is 6.92 Å². The molecule has 0 aromatic carbocycles. The highest BCUT2D eigenvalue weighted by molar-refractivity contribution is 5.84. The zero-order chi connectivity index (χ0) is 13.6. The van der Waals surface area contributed by atoms with Crippen LogP contribution in [-0.4, -0.2) is 42.6 Å². The van der Waals surface area contributed by atoms with E-state index in [1.54, 1.807) is 0 Å². The first-order valence-corrected chi connectivity index (χ1v) is 6.02. The fourth-order valence-corrected chi connectivity index (χ4v) is 1.42. The highest BCUT2D eigenvalue weighted by Gasteiger charge is 2.50. The molecular formula is C11H19N3O4. The molecule has 1 aliphatic rings. The van der Waals surface area contributed by atoms with Crippen LogP contribution in [0.2, 0.25) is 0 Å². The number of carbonyl (C=O) groups is 3. The minimum Gasteiger partial charge on any atom is -0.481 e. The summed E-state index contributed by atoms with van der Waals surface area (Å²) in [7, 11) is 0. The molecular weight excluding hydrogens is 238 g/mol. The number of aliphatic carboxylic acids is 1. The molecule has 0 unspecified atom stereocenters. The molecule has 1 aliphatic carbocycles. The molecule has 1 rings (SSSR count). The molecule has 7 heteroatoms. The van der Waals surface area contributed by atoms with E-state index in [2.05, 4.69) is 16.0 Å². The van der Waals surface area contributed by atoms with Crippen molar-refractivity contribution in [2.24, 2.45) is 5.41 Å². The lowest BCUT2D eigenvalue weighted by molar-refractivity contribution is -0.143. The van der Waals surface area contributed by atoms with Crippen molar-refractivity contribution in [2.45, 2.75) is 26.2 Å². The van der Waals surface area contributed by atoms with Gasteiger partial charge in [0.1, 0.15) is 0 Å². The van der Waals surface area contributed by atoms with E-state index in [1.165, 1.54) is 0 Å². The summed E-state index contributed by atoms with van der Waals surface area (Å²) in [5, 5.41) is 16.4. The fourth-order valence-electron chi connectivity index (χ4n) is 1.42. The van der Waals surface area contributed by atoms with Crippen molar-refractivity contribution in [3.8, 4) is 0 Å². The van der Waals surface area contributed by atoms with Crippen LogP contribution in [0.25, 0.3) is 0 Å². The highest BCUT2D eigenvalue weighted by atomic mass is 16.4. The van der Waals surface area contributed by atoms with Gasteiger partial charge in [-0.2, -0.15) is 0 Å². The summed E-state index contributed by atoms with van der Waals surface area (Å²) in [5.74, 6) is -1.14. The predicted octanol–water partition coefficient (Wildman–Crippen LogP) is -0.323. The Labute approximate surface area is 105 Å². The maximum atomic E-state index is 11.3. The minimum atomic E-state index is -0.886. The lowest BCUT2D eigenvalue weighted by atomic mass is 10.1. The first-order chi connectivity index (χ1) is 8.50. The molecule has 0 spiro atoms. The molecule has 1 saturated carbocycles. The first kappa shape index (κ1) is 14.3. The molecule has 0 saturated heterocycles. The molecule has 1 fully saturated rings. The minimum absolute atomic E-state index is 0.102. The molecule has 0 radical (unpaired) electrons. The summed E-state index contributed by atoms with van der Waals surface area (Å²) in [6.07, 6.45) is 2.00. The maximum absolute atomic E-state index is 11.3. The fraction of sp³-hybridized carbons (Fsp3) is 0.727. The number of urea groups is 1. The van der Waals surface area contributed by atoms with Crippen molar-refractivity contribution in [1.82, 2.24) is 16.0 Å². The van der Waals surface area contributed by atoms with E-state index in [9.17, 15) is 14.4 Å². The lowest BCUT2D eigenvalue weighted by Gasteiger charge is -2.11. The standard InChI is InChI=1S/C11H19N3O4/c1-2-5-12-8(15)6-13-10(18)14-7-11(3-4-11)9(16)17/h2-7H2,1H3,(H,12,15)(H,16,17)(H2,13,14,18). The van der Waals surface area contributed by atoms with Gasteiger partial charge in [-0.05, 0) is 19.3 Å². The summed E-state index contributed by atoms with van der Waals surface area (Å²) in [4.78, 5) is 33.3. The van der Waals surface area contributed by atoms with Gasteiger partial charge in [-0.25, -0.2) is 4.79 Å². The second-order valence-corrected chi connectivity index (χ2v) is 4.47. The van der Waals surface area contributed by atoms with Crippen LogP contribution in [0.4, 0.5) is 4.79 Å². The van der Waals surface area contributed by atoms with Crippen LogP contribution in [0.15, 0.2) is 0 Å². The van der Waals surface area contributed by atoms with E-state index in [-0.39, 0.29) is 19.0 Å². The number of carboxylic acid groups (broad SMARTS) is 1. The van der Waals surface area contributed by atoms with Crippen LogP contribution in [0, 0.1) is 5.41 Å². The molecule has 4 N–H and O–H groups in total. The van der Waals surface area contributed by atoms with Crippen molar-refractivity contribution in [1.29, 1.82) is 0 Å². The summed E-state index contributed by atoms with van der Waals surface area (Å²) in [6, 6.07) is -0.519. The average Bonchev–Trinajstić information content (AvgIpc) is 3.12. The number of rotatable bonds is 7. The quantitative estimate of drug-likeness (QED) is 0.501. The Morgan fingerprint density at radius 3 is 2.33 bits per heavy atom. The van der Waals surface area contributed by atoms with E-state index in [0.717, 1.165) is 6.42 Å². The SMILES string of the molecule is CCCNC(=O)CNC(=O)NCC1(C(=O)O)CC1. The molecule has 0 aromatic heterocycles. The van der Waals surface area contributed by atoms with Crippen LogP contribution in [0.5, 0.6) is 0 Å². The van der Waals surface area contributed by atoms with Gasteiger partial charge in [0.15, 0.2) is 0 Å². The van der Waals surface area contributed by atoms with Crippen LogP contribution >= 0.6 is 0 Å². The Balaban J connectivity index is 2.15. The highest BCUT2D eigenvalue weighted by Crippen LogP contribution is 2.45. The molecule has 0 atom stereocenters. The number of carboxylic acids is 1. The van der Waals surface area contributed by atoms with Crippen molar-refractivity contribution < 1.29 is 19.5 Å². The van der Waals surface area contributed by atoms with Crippen molar-refractivity contribution >= 4 is 17.9 Å². The van der Waals surface area contributed by atoms with Gasteiger partial charge in [0.25, 0.3) is 0 Å². The average molecular weight is 257 g/mol. The van der Waals surface area contributed by atoms with E-state index < -0.39 is 17.4 Å². The number of hydrogen-bond donors (Lipinski definition) is 4. The van der Waals surface area contributed by atoms with Crippen LogP contribution < -0.4 is 16.0 Å². The molecule has 0 aliphatic heterocycles. The Hall–Kier alpha value is -1.79. The van der Waals surface area contributed by atoms with Crippen LogP contribution in [0.1, 0.15) is 26.2 Å². The Morgan fingerprint density at radius 1 is 1.17 bits per heavy atom. The maximum Gasteiger partial charge on any atom is 0.315 e. The summed E-state index contributed by atoms with van der Waals surface area (Å²) in [5.41, 5.74) is -0.790. The zero-order valence-electron chi connectivity index (χ0n) is 10.4. The smallest absolute Gasteiger partial charge is 0.315 e. The number of amides is 3. The summed E-state index contributed by atoms with van der Waals surface area (Å²) < 4.78 is 0. The third-order valence-corrected chi connectivity index (χ3v) is 2.88. The summed E-state index contributed by atoms with van der Waals surface area (Å²) in [6.45, 7) is 2.50. The molecule has 7 nitrogen and oxygen atoms in total. The second-order valence-electron chi connectivity index (χ2n) is 4.47. The van der Waals surface area contributed by atoms with Crippen molar-refractivity contribution in [2.75, 3.05) is 19.6 Å². The van der Waals surface area contributed by atoms with Gasteiger partial charge in [-0.15, -0.1) is 0 Å². The summed E-state index contributed by atoms with van der Waals surface area (Å²) >= 11 is 0. The Bertz CT molecular complexity index is 339. The van der Waals surface area contributed by atoms with Crippen molar-refractivity contribution in [3.05, 3.63) is 0 Å². The molecule has 3 amide bonds. The van der Waals surface area contributed by atoms with Gasteiger partial charge >= 0.3 is 12.0 Å². The van der Waals surface area contributed by atoms with Gasteiger partial charge < -0.3 is 21.1 Å². The van der Waals surface area contributed by atoms with Gasteiger partial charge in [-0.3, -0.25) is 9.59 Å². The second kappa shape index (κ2) is 6.23. The van der Waals surface area contributed by atoms with Gasteiger partial charge in [-0.1, -0.05) is 6.92 Å². The predicted molar refractivity (Wildman–Crippen MR) is 64.0 cm³/mol. The molecule has 0 aromatic rings. The van der Waals surface area contributed by atoms with E-state index in [0.29, 0.717) is 19.4 Å². The Kier molecular flexibility index (Phi) is 4.94. The molecule has 0 bridgehead atoms. The topological polar surface area (TPSA) is 108 Å². The largest absolute Gasteiger partial charge is 0.481 e. The van der Waals surface area contributed by atoms with E-state index in [4.69, 9.17) is 5.11 Å². The van der Waals surface area contributed by atoms with Gasteiger partial charge in [0.2, 0.25) is 5.91 Å². The number of carbonyl (C=O) groups excluding carboxylic acids is 2.